The van der Waals surface area contributed by atoms with Crippen LogP contribution in [-0.2, 0) is 11.8 Å². The predicted molar refractivity (Wildman–Crippen MR) is 76.8 cm³/mol. The van der Waals surface area contributed by atoms with Crippen molar-refractivity contribution in [2.75, 3.05) is 6.61 Å². The number of carbonyl (C=O) groups is 1. The molecule has 0 saturated heterocycles. The van der Waals surface area contributed by atoms with Crippen molar-refractivity contribution < 1.29 is 9.53 Å². The first-order chi connectivity index (χ1) is 9.02. The molecule has 0 aliphatic carbocycles. The summed E-state index contributed by atoms with van der Waals surface area (Å²) in [6, 6.07) is 5.19. The van der Waals surface area contributed by atoms with E-state index in [0.717, 1.165) is 11.1 Å². The van der Waals surface area contributed by atoms with Gasteiger partial charge in [0.2, 0.25) is 0 Å². The molecular weight excluding hydrogens is 285 g/mol. The van der Waals surface area contributed by atoms with Crippen molar-refractivity contribution >= 4 is 29.2 Å². The number of esters is 1. The Morgan fingerprint density at radius 2 is 2.00 bits per heavy atom. The topological polar surface area (TPSA) is 31.2 Å². The van der Waals surface area contributed by atoms with Gasteiger partial charge in [0.05, 0.1) is 12.2 Å². The number of benzene rings is 1. The molecule has 2 aromatic rings. The summed E-state index contributed by atoms with van der Waals surface area (Å²) in [5.41, 5.74) is 1.99. The molecule has 2 rings (SSSR count). The number of ether oxygens (including phenoxy) is 1. The van der Waals surface area contributed by atoms with Gasteiger partial charge in [-0.1, -0.05) is 29.3 Å². The SMILES string of the molecule is CCOC(=O)c1cn(C)cc1-c1ccc(Cl)cc1Cl. The summed E-state index contributed by atoms with van der Waals surface area (Å²) < 4.78 is 6.84. The van der Waals surface area contributed by atoms with E-state index in [1.165, 1.54) is 0 Å². The monoisotopic (exact) mass is 297 g/mol. The van der Waals surface area contributed by atoms with Gasteiger partial charge in [-0.25, -0.2) is 4.79 Å². The molecule has 0 bridgehead atoms. The van der Waals surface area contributed by atoms with Crippen molar-refractivity contribution in [1.82, 2.24) is 4.57 Å². The Morgan fingerprint density at radius 3 is 2.63 bits per heavy atom. The summed E-state index contributed by atoms with van der Waals surface area (Å²) in [7, 11) is 1.84. The van der Waals surface area contributed by atoms with Gasteiger partial charge in [0.1, 0.15) is 0 Å². The minimum Gasteiger partial charge on any atom is -0.462 e. The highest BCUT2D eigenvalue weighted by atomic mass is 35.5. The van der Waals surface area contributed by atoms with Crippen LogP contribution in [0.2, 0.25) is 10.0 Å². The van der Waals surface area contributed by atoms with E-state index in [0.29, 0.717) is 22.2 Å². The minimum atomic E-state index is -0.357. The van der Waals surface area contributed by atoms with Crippen LogP contribution in [0.25, 0.3) is 11.1 Å². The second-order valence-corrected chi connectivity index (χ2v) is 4.94. The van der Waals surface area contributed by atoms with E-state index in [1.807, 2.05) is 13.2 Å². The van der Waals surface area contributed by atoms with Crippen LogP contribution >= 0.6 is 23.2 Å². The third-order valence-corrected chi connectivity index (χ3v) is 3.22. The molecule has 0 N–H and O–H groups in total. The molecule has 100 valence electrons. The first kappa shape index (κ1) is 14.0. The van der Waals surface area contributed by atoms with Crippen LogP contribution in [-0.4, -0.2) is 17.1 Å². The quantitative estimate of drug-likeness (QED) is 0.796. The molecular formula is C14H13Cl2NO2. The summed E-state index contributed by atoms with van der Waals surface area (Å²) in [5.74, 6) is -0.357. The fourth-order valence-electron chi connectivity index (χ4n) is 1.88. The van der Waals surface area contributed by atoms with Gasteiger partial charge < -0.3 is 9.30 Å². The van der Waals surface area contributed by atoms with Crippen LogP contribution < -0.4 is 0 Å². The van der Waals surface area contributed by atoms with Crippen molar-refractivity contribution in [2.45, 2.75) is 6.92 Å². The number of nitrogens with zero attached hydrogens (tertiary/aromatic N) is 1. The van der Waals surface area contributed by atoms with Crippen molar-refractivity contribution in [3.63, 3.8) is 0 Å². The highest BCUT2D eigenvalue weighted by Gasteiger charge is 2.18. The van der Waals surface area contributed by atoms with Gasteiger partial charge >= 0.3 is 5.97 Å². The maximum atomic E-state index is 11.9. The molecule has 1 aromatic carbocycles. The number of rotatable bonds is 3. The first-order valence-electron chi connectivity index (χ1n) is 5.81. The zero-order chi connectivity index (χ0) is 14.0. The van der Waals surface area contributed by atoms with E-state index in [2.05, 4.69) is 0 Å². The summed E-state index contributed by atoms with van der Waals surface area (Å²) >= 11 is 12.1. The average Bonchev–Trinajstić information content (AvgIpc) is 2.71. The number of halogens is 2. The molecule has 3 nitrogen and oxygen atoms in total. The highest BCUT2D eigenvalue weighted by Crippen LogP contribution is 2.33. The van der Waals surface area contributed by atoms with Crippen LogP contribution in [0.5, 0.6) is 0 Å². The lowest BCUT2D eigenvalue weighted by Crippen LogP contribution is -2.04. The number of aromatic nitrogens is 1. The third-order valence-electron chi connectivity index (χ3n) is 2.67. The summed E-state index contributed by atoms with van der Waals surface area (Å²) in [4.78, 5) is 11.9. The average molecular weight is 298 g/mol. The standard InChI is InChI=1S/C14H13Cl2NO2/c1-3-19-14(18)12-8-17(2)7-11(12)10-5-4-9(15)6-13(10)16/h4-8H,3H2,1-2H3. The second kappa shape index (κ2) is 5.68. The zero-order valence-corrected chi connectivity index (χ0v) is 12.1. The van der Waals surface area contributed by atoms with Crippen molar-refractivity contribution in [3.05, 3.63) is 46.2 Å². The lowest BCUT2D eigenvalue weighted by Gasteiger charge is -2.06. The van der Waals surface area contributed by atoms with Gasteiger partial charge in [0, 0.05) is 40.6 Å². The molecule has 0 aliphatic rings. The largest absolute Gasteiger partial charge is 0.462 e. The second-order valence-electron chi connectivity index (χ2n) is 4.10. The Balaban J connectivity index is 2.52. The van der Waals surface area contributed by atoms with Crippen molar-refractivity contribution in [2.24, 2.45) is 7.05 Å². The Morgan fingerprint density at radius 1 is 1.26 bits per heavy atom. The van der Waals surface area contributed by atoms with Crippen LogP contribution in [0.4, 0.5) is 0 Å². The molecule has 5 heteroatoms. The fourth-order valence-corrected chi connectivity index (χ4v) is 2.39. The van der Waals surface area contributed by atoms with E-state index in [4.69, 9.17) is 27.9 Å². The maximum absolute atomic E-state index is 11.9. The lowest BCUT2D eigenvalue weighted by atomic mass is 10.0. The molecule has 1 heterocycles. The lowest BCUT2D eigenvalue weighted by molar-refractivity contribution is 0.0527. The van der Waals surface area contributed by atoms with Gasteiger partial charge in [-0.15, -0.1) is 0 Å². The number of hydrogen-bond acceptors (Lipinski definition) is 2. The predicted octanol–water partition coefficient (Wildman–Crippen LogP) is 4.18. The van der Waals surface area contributed by atoms with Crippen LogP contribution in [0.3, 0.4) is 0 Å². The zero-order valence-electron chi connectivity index (χ0n) is 10.6. The van der Waals surface area contributed by atoms with Gasteiger partial charge in [-0.2, -0.15) is 0 Å². The Hall–Kier alpha value is -1.45. The van der Waals surface area contributed by atoms with E-state index < -0.39 is 0 Å². The van der Waals surface area contributed by atoms with Gasteiger partial charge in [0.15, 0.2) is 0 Å². The highest BCUT2D eigenvalue weighted by molar-refractivity contribution is 6.36. The Labute approximate surface area is 121 Å². The first-order valence-corrected chi connectivity index (χ1v) is 6.57. The molecule has 0 aliphatic heterocycles. The van der Waals surface area contributed by atoms with Gasteiger partial charge in [0.25, 0.3) is 0 Å². The number of carbonyl (C=O) groups excluding carboxylic acids is 1. The normalized spacial score (nSPS) is 10.5. The minimum absolute atomic E-state index is 0.335. The number of aryl methyl sites for hydroxylation is 1. The van der Waals surface area contributed by atoms with E-state index in [9.17, 15) is 4.79 Å². The molecule has 0 spiro atoms. The van der Waals surface area contributed by atoms with Gasteiger partial charge in [-0.3, -0.25) is 0 Å². The van der Waals surface area contributed by atoms with E-state index in [1.54, 1.807) is 35.9 Å². The molecule has 0 atom stereocenters. The molecule has 0 saturated carbocycles. The van der Waals surface area contributed by atoms with Gasteiger partial charge in [-0.05, 0) is 19.1 Å². The number of hydrogen-bond donors (Lipinski definition) is 0. The maximum Gasteiger partial charge on any atom is 0.340 e. The summed E-state index contributed by atoms with van der Waals surface area (Å²) in [6.07, 6.45) is 3.56. The van der Waals surface area contributed by atoms with Crippen molar-refractivity contribution in [1.29, 1.82) is 0 Å². The smallest absolute Gasteiger partial charge is 0.340 e. The fraction of sp³-hybridized carbons (Fsp3) is 0.214. The third kappa shape index (κ3) is 2.94. The Bertz CT molecular complexity index is 620. The van der Waals surface area contributed by atoms with Crippen LogP contribution in [0.15, 0.2) is 30.6 Å². The summed E-state index contributed by atoms with van der Waals surface area (Å²) in [6.45, 7) is 2.11. The molecule has 0 radical (unpaired) electrons. The molecule has 19 heavy (non-hydrogen) atoms. The van der Waals surface area contributed by atoms with Crippen LogP contribution in [0.1, 0.15) is 17.3 Å². The van der Waals surface area contributed by atoms with E-state index in [-0.39, 0.29) is 5.97 Å². The molecule has 0 fully saturated rings. The molecule has 1 aromatic heterocycles. The summed E-state index contributed by atoms with van der Waals surface area (Å²) in [5, 5.41) is 1.06. The Kier molecular flexibility index (Phi) is 4.17. The van der Waals surface area contributed by atoms with Crippen LogP contribution in [0, 0.1) is 0 Å². The molecule has 0 unspecified atom stereocenters. The van der Waals surface area contributed by atoms with E-state index >= 15 is 0 Å². The molecule has 0 amide bonds. The van der Waals surface area contributed by atoms with Crippen molar-refractivity contribution in [3.8, 4) is 11.1 Å².